The summed E-state index contributed by atoms with van der Waals surface area (Å²) in [6.07, 6.45) is 0. The summed E-state index contributed by atoms with van der Waals surface area (Å²) in [4.78, 5) is 24.1. The molecule has 2 aromatic rings. The number of hydrogen-bond acceptors (Lipinski definition) is 4. The van der Waals surface area contributed by atoms with Crippen LogP contribution in [0.15, 0.2) is 48.5 Å². The van der Waals surface area contributed by atoms with E-state index in [2.05, 4.69) is 5.32 Å². The van der Waals surface area contributed by atoms with Crippen molar-refractivity contribution in [2.45, 2.75) is 0 Å². The van der Waals surface area contributed by atoms with Crippen molar-refractivity contribution in [2.75, 3.05) is 23.8 Å². The fraction of sp³-hybridized carbons (Fsp3) is 0.133. The Morgan fingerprint density at radius 2 is 1.86 bits per heavy atom. The average molecular weight is 320 g/mol. The maximum Gasteiger partial charge on any atom is 0.292 e. The Hall–Kier alpha value is -2.60. The van der Waals surface area contributed by atoms with Crippen LogP contribution in [0, 0.1) is 10.1 Å². The van der Waals surface area contributed by atoms with Crippen LogP contribution >= 0.6 is 11.6 Å². The molecule has 1 N–H and O–H groups in total. The SMILES string of the molecule is CN(CC(=O)Nc1ccc(Cl)cc1)c1ccccc1[N+](=O)[O-]. The number of benzene rings is 2. The van der Waals surface area contributed by atoms with E-state index in [1.54, 1.807) is 49.5 Å². The molecule has 2 rings (SSSR count). The number of anilines is 2. The predicted molar refractivity (Wildman–Crippen MR) is 86.4 cm³/mol. The molecule has 0 atom stereocenters. The summed E-state index contributed by atoms with van der Waals surface area (Å²) in [5, 5.41) is 14.3. The average Bonchev–Trinajstić information content (AvgIpc) is 2.49. The number of amides is 1. The molecule has 0 aliphatic heterocycles. The highest BCUT2D eigenvalue weighted by Gasteiger charge is 2.17. The third kappa shape index (κ3) is 3.95. The summed E-state index contributed by atoms with van der Waals surface area (Å²) in [6.45, 7) is -0.00647. The highest BCUT2D eigenvalue weighted by molar-refractivity contribution is 6.30. The van der Waals surface area contributed by atoms with Crippen molar-refractivity contribution >= 4 is 34.6 Å². The van der Waals surface area contributed by atoms with Crippen molar-refractivity contribution in [3.63, 3.8) is 0 Å². The second-order valence-electron chi connectivity index (χ2n) is 4.66. The minimum absolute atomic E-state index is 0.00647. The van der Waals surface area contributed by atoms with Gasteiger partial charge in [-0.15, -0.1) is 0 Å². The number of nitrogens with one attached hydrogen (secondary N) is 1. The van der Waals surface area contributed by atoms with Crippen molar-refractivity contribution in [1.29, 1.82) is 0 Å². The second-order valence-corrected chi connectivity index (χ2v) is 5.09. The fourth-order valence-electron chi connectivity index (χ4n) is 1.98. The number of rotatable bonds is 5. The van der Waals surface area contributed by atoms with Gasteiger partial charge in [-0.1, -0.05) is 23.7 Å². The van der Waals surface area contributed by atoms with Crippen LogP contribution in [0.3, 0.4) is 0 Å². The lowest BCUT2D eigenvalue weighted by Crippen LogP contribution is -2.30. The number of nitro benzene ring substituents is 1. The van der Waals surface area contributed by atoms with Crippen LogP contribution in [0.2, 0.25) is 5.02 Å². The molecule has 0 aliphatic carbocycles. The zero-order valence-corrected chi connectivity index (χ0v) is 12.6. The highest BCUT2D eigenvalue weighted by atomic mass is 35.5. The molecule has 114 valence electrons. The van der Waals surface area contributed by atoms with Crippen LogP contribution in [0.25, 0.3) is 0 Å². The number of carbonyl (C=O) groups is 1. The zero-order chi connectivity index (χ0) is 16.1. The van der Waals surface area contributed by atoms with Crippen LogP contribution in [-0.4, -0.2) is 24.4 Å². The molecule has 0 bridgehead atoms. The Kier molecular flexibility index (Phi) is 4.95. The molecular weight excluding hydrogens is 306 g/mol. The standard InChI is InChI=1S/C15H14ClN3O3/c1-18(13-4-2-3-5-14(13)19(21)22)10-15(20)17-12-8-6-11(16)7-9-12/h2-9H,10H2,1H3,(H,17,20). The second kappa shape index (κ2) is 6.91. The van der Waals surface area contributed by atoms with Crippen LogP contribution in [-0.2, 0) is 4.79 Å². The monoisotopic (exact) mass is 319 g/mol. The minimum Gasteiger partial charge on any atom is -0.360 e. The van der Waals surface area contributed by atoms with Crippen molar-refractivity contribution in [1.82, 2.24) is 0 Å². The normalized spacial score (nSPS) is 10.1. The van der Waals surface area contributed by atoms with Crippen LogP contribution < -0.4 is 10.2 Å². The van der Waals surface area contributed by atoms with Gasteiger partial charge < -0.3 is 10.2 Å². The molecule has 0 saturated carbocycles. The van der Waals surface area contributed by atoms with E-state index in [1.807, 2.05) is 0 Å². The van der Waals surface area contributed by atoms with E-state index in [4.69, 9.17) is 11.6 Å². The Morgan fingerprint density at radius 3 is 2.50 bits per heavy atom. The van der Waals surface area contributed by atoms with Gasteiger partial charge in [0.1, 0.15) is 5.69 Å². The molecule has 22 heavy (non-hydrogen) atoms. The van der Waals surface area contributed by atoms with Gasteiger partial charge in [0.25, 0.3) is 5.69 Å². The molecule has 1 amide bonds. The number of para-hydroxylation sites is 2. The van der Waals surface area contributed by atoms with Gasteiger partial charge in [-0.25, -0.2) is 0 Å². The number of halogens is 1. The third-order valence-corrected chi connectivity index (χ3v) is 3.25. The number of hydrogen-bond donors (Lipinski definition) is 1. The van der Waals surface area contributed by atoms with E-state index in [1.165, 1.54) is 11.0 Å². The Labute approximate surface area is 132 Å². The van der Waals surface area contributed by atoms with E-state index < -0.39 is 4.92 Å². The van der Waals surface area contributed by atoms with Gasteiger partial charge in [-0.2, -0.15) is 0 Å². The molecule has 0 aliphatic rings. The van der Waals surface area contributed by atoms with E-state index in [0.29, 0.717) is 16.4 Å². The van der Waals surface area contributed by atoms with Crippen molar-refractivity contribution < 1.29 is 9.72 Å². The largest absolute Gasteiger partial charge is 0.360 e. The molecule has 2 aromatic carbocycles. The van der Waals surface area contributed by atoms with Crippen molar-refractivity contribution in [2.24, 2.45) is 0 Å². The van der Waals surface area contributed by atoms with Gasteiger partial charge in [0.15, 0.2) is 0 Å². The molecule has 0 saturated heterocycles. The molecule has 0 spiro atoms. The Bertz CT molecular complexity index is 689. The summed E-state index contributed by atoms with van der Waals surface area (Å²) < 4.78 is 0. The first-order chi connectivity index (χ1) is 10.5. The molecule has 0 unspecified atom stereocenters. The number of nitro groups is 1. The molecular formula is C15H14ClN3O3. The first-order valence-corrected chi connectivity index (χ1v) is 6.85. The van der Waals surface area contributed by atoms with E-state index in [-0.39, 0.29) is 18.1 Å². The van der Waals surface area contributed by atoms with E-state index in [9.17, 15) is 14.9 Å². The zero-order valence-electron chi connectivity index (χ0n) is 11.8. The lowest BCUT2D eigenvalue weighted by atomic mass is 10.2. The topological polar surface area (TPSA) is 75.5 Å². The fourth-order valence-corrected chi connectivity index (χ4v) is 2.10. The highest BCUT2D eigenvalue weighted by Crippen LogP contribution is 2.26. The number of likely N-dealkylation sites (N-methyl/N-ethyl adjacent to an activating group) is 1. The first-order valence-electron chi connectivity index (χ1n) is 6.47. The lowest BCUT2D eigenvalue weighted by Gasteiger charge is -2.18. The number of nitrogens with zero attached hydrogens (tertiary/aromatic N) is 2. The number of carbonyl (C=O) groups excluding carboxylic acids is 1. The summed E-state index contributed by atoms with van der Waals surface area (Å²) in [7, 11) is 1.63. The molecule has 0 aromatic heterocycles. The first kappa shape index (κ1) is 15.8. The molecule has 0 heterocycles. The van der Waals surface area contributed by atoms with Crippen LogP contribution in [0.4, 0.5) is 17.1 Å². The van der Waals surface area contributed by atoms with Crippen molar-refractivity contribution in [3.8, 4) is 0 Å². The van der Waals surface area contributed by atoms with E-state index >= 15 is 0 Å². The Balaban J connectivity index is 2.05. The van der Waals surface area contributed by atoms with Gasteiger partial charge in [-0.3, -0.25) is 14.9 Å². The summed E-state index contributed by atoms with van der Waals surface area (Å²) in [6, 6.07) is 13.0. The molecule has 7 heteroatoms. The summed E-state index contributed by atoms with van der Waals surface area (Å²) >= 11 is 5.77. The van der Waals surface area contributed by atoms with Crippen LogP contribution in [0.1, 0.15) is 0 Å². The van der Waals surface area contributed by atoms with Gasteiger partial charge in [0.05, 0.1) is 11.5 Å². The predicted octanol–water partition coefficient (Wildman–Crippen LogP) is 3.32. The van der Waals surface area contributed by atoms with Gasteiger partial charge in [-0.05, 0) is 30.3 Å². The van der Waals surface area contributed by atoms with Gasteiger partial charge in [0, 0.05) is 23.8 Å². The summed E-state index contributed by atoms with van der Waals surface area (Å²) in [5.41, 5.74) is 0.966. The van der Waals surface area contributed by atoms with Gasteiger partial charge >= 0.3 is 0 Å². The smallest absolute Gasteiger partial charge is 0.292 e. The van der Waals surface area contributed by atoms with Gasteiger partial charge in [0.2, 0.25) is 5.91 Å². The minimum atomic E-state index is -0.469. The maximum absolute atomic E-state index is 12.0. The molecule has 6 nitrogen and oxygen atoms in total. The van der Waals surface area contributed by atoms with Crippen molar-refractivity contribution in [3.05, 3.63) is 63.7 Å². The van der Waals surface area contributed by atoms with Crippen LogP contribution in [0.5, 0.6) is 0 Å². The molecule has 0 fully saturated rings. The lowest BCUT2D eigenvalue weighted by molar-refractivity contribution is -0.384. The molecule has 0 radical (unpaired) electrons. The third-order valence-electron chi connectivity index (χ3n) is 3.00. The summed E-state index contributed by atoms with van der Waals surface area (Å²) in [5.74, 6) is -0.275. The maximum atomic E-state index is 12.0. The quantitative estimate of drug-likeness (QED) is 0.677. The Morgan fingerprint density at radius 1 is 1.23 bits per heavy atom. The van der Waals surface area contributed by atoms with E-state index in [0.717, 1.165) is 0 Å².